The number of aryl methyl sites for hydroxylation is 1. The summed E-state index contributed by atoms with van der Waals surface area (Å²) < 4.78 is 9.88. The van der Waals surface area contributed by atoms with Crippen molar-refractivity contribution >= 4 is 11.9 Å². The molecule has 0 radical (unpaired) electrons. The minimum Gasteiger partial charge on any atom is -0.476 e. The van der Waals surface area contributed by atoms with Gasteiger partial charge >= 0.3 is 11.9 Å². The lowest BCUT2D eigenvalue weighted by atomic mass is 10.4. The number of hydrogen-bond donors (Lipinski definition) is 1. The highest BCUT2D eigenvalue weighted by atomic mass is 16.6. The van der Waals surface area contributed by atoms with Gasteiger partial charge in [0, 0.05) is 0 Å². The van der Waals surface area contributed by atoms with Gasteiger partial charge in [-0.1, -0.05) is 0 Å². The normalized spacial score (nSPS) is 10.4. The highest BCUT2D eigenvalue weighted by molar-refractivity contribution is 5.86. The molecule has 2 heterocycles. The van der Waals surface area contributed by atoms with Crippen molar-refractivity contribution in [1.29, 1.82) is 0 Å². The van der Waals surface area contributed by atoms with E-state index in [1.807, 2.05) is 0 Å². The van der Waals surface area contributed by atoms with Gasteiger partial charge in [0.15, 0.2) is 11.5 Å². The summed E-state index contributed by atoms with van der Waals surface area (Å²) in [6.07, 6.45) is 0. The summed E-state index contributed by atoms with van der Waals surface area (Å²) in [5.41, 5.74) is -0.251. The largest absolute Gasteiger partial charge is 0.476 e. The molecule has 0 atom stereocenters. The van der Waals surface area contributed by atoms with Gasteiger partial charge in [-0.3, -0.25) is 10.1 Å². The van der Waals surface area contributed by atoms with Crippen molar-refractivity contribution in [3.63, 3.8) is 0 Å². The lowest BCUT2D eigenvalue weighted by molar-refractivity contribution is -0.401. The van der Waals surface area contributed by atoms with Crippen molar-refractivity contribution in [3.8, 4) is 11.7 Å². The third-order valence-electron chi connectivity index (χ3n) is 1.98. The summed E-state index contributed by atoms with van der Waals surface area (Å²) in [5, 5.41) is 19.2. The van der Waals surface area contributed by atoms with Gasteiger partial charge in [0.1, 0.15) is 10.7 Å². The first-order valence-corrected chi connectivity index (χ1v) is 4.44. The number of carbonyl (C=O) groups is 1. The van der Waals surface area contributed by atoms with Gasteiger partial charge < -0.3 is 13.9 Å². The molecule has 0 unspecified atom stereocenters. The van der Waals surface area contributed by atoms with E-state index in [1.165, 1.54) is 13.0 Å². The van der Waals surface area contributed by atoms with Crippen molar-refractivity contribution in [2.45, 2.75) is 6.92 Å². The molecule has 88 valence electrons. The standard InChI is InChI=1S/C9H6N2O6/c1-4-7(9(12)13)10-8(16-4)5-2-3-6(17-5)11(14)15/h2-3H,1H3,(H,12,13). The van der Waals surface area contributed by atoms with E-state index in [0.29, 0.717) is 0 Å². The van der Waals surface area contributed by atoms with Gasteiger partial charge in [0.25, 0.3) is 5.89 Å². The molecule has 0 aliphatic carbocycles. The van der Waals surface area contributed by atoms with Gasteiger partial charge in [-0.05, 0) is 13.0 Å². The van der Waals surface area contributed by atoms with E-state index in [2.05, 4.69) is 4.98 Å². The quantitative estimate of drug-likeness (QED) is 0.639. The van der Waals surface area contributed by atoms with Gasteiger partial charge in [-0.2, -0.15) is 4.98 Å². The Labute approximate surface area is 93.6 Å². The van der Waals surface area contributed by atoms with Gasteiger partial charge in [-0.15, -0.1) is 0 Å². The summed E-state index contributed by atoms with van der Waals surface area (Å²) in [6, 6.07) is 2.42. The fourth-order valence-corrected chi connectivity index (χ4v) is 1.24. The molecular formula is C9H6N2O6. The first-order valence-electron chi connectivity index (χ1n) is 4.44. The molecule has 0 aromatic carbocycles. The van der Waals surface area contributed by atoms with Crippen molar-refractivity contribution in [2.75, 3.05) is 0 Å². The van der Waals surface area contributed by atoms with Crippen LogP contribution < -0.4 is 0 Å². The number of carboxylic acids is 1. The number of nitro groups is 1. The number of furan rings is 1. The predicted octanol–water partition coefficient (Wildman–Crippen LogP) is 1.85. The van der Waals surface area contributed by atoms with E-state index in [4.69, 9.17) is 13.9 Å². The van der Waals surface area contributed by atoms with E-state index < -0.39 is 16.8 Å². The average Bonchev–Trinajstić information content (AvgIpc) is 2.82. The molecule has 2 rings (SSSR count). The molecule has 8 heteroatoms. The number of hydrogen-bond acceptors (Lipinski definition) is 6. The molecular weight excluding hydrogens is 232 g/mol. The smallest absolute Gasteiger partial charge is 0.433 e. The Kier molecular flexibility index (Phi) is 2.39. The third-order valence-corrected chi connectivity index (χ3v) is 1.98. The number of aromatic carboxylic acids is 1. The Morgan fingerprint density at radius 3 is 2.65 bits per heavy atom. The predicted molar refractivity (Wildman–Crippen MR) is 52.6 cm³/mol. The molecule has 0 aliphatic heterocycles. The fourth-order valence-electron chi connectivity index (χ4n) is 1.24. The summed E-state index contributed by atoms with van der Waals surface area (Å²) in [7, 11) is 0. The minimum atomic E-state index is -1.24. The SMILES string of the molecule is Cc1oc(-c2ccc([N+](=O)[O-])o2)nc1C(=O)O. The maximum absolute atomic E-state index is 10.7. The lowest BCUT2D eigenvalue weighted by Gasteiger charge is -1.85. The molecule has 0 bridgehead atoms. The Bertz CT molecular complexity index is 596. The van der Waals surface area contributed by atoms with E-state index >= 15 is 0 Å². The molecule has 2 aromatic heterocycles. The third kappa shape index (κ3) is 1.87. The summed E-state index contributed by atoms with van der Waals surface area (Å²) in [6.45, 7) is 1.43. The Morgan fingerprint density at radius 1 is 1.47 bits per heavy atom. The van der Waals surface area contributed by atoms with Gasteiger partial charge in [0.2, 0.25) is 0 Å². The summed E-state index contributed by atoms with van der Waals surface area (Å²) >= 11 is 0. The lowest BCUT2D eigenvalue weighted by Crippen LogP contribution is -1.98. The minimum absolute atomic E-state index is 0.00676. The second-order valence-electron chi connectivity index (χ2n) is 3.12. The fraction of sp³-hybridized carbons (Fsp3) is 0.111. The van der Waals surface area contributed by atoms with E-state index in [-0.39, 0.29) is 23.1 Å². The van der Waals surface area contributed by atoms with Crippen LogP contribution in [0.3, 0.4) is 0 Å². The second-order valence-corrected chi connectivity index (χ2v) is 3.12. The topological polar surface area (TPSA) is 120 Å². The molecule has 2 aromatic rings. The molecule has 0 fully saturated rings. The highest BCUT2D eigenvalue weighted by Gasteiger charge is 2.21. The van der Waals surface area contributed by atoms with Crippen LogP contribution in [0.25, 0.3) is 11.7 Å². The number of rotatable bonds is 3. The highest BCUT2D eigenvalue weighted by Crippen LogP contribution is 2.26. The molecule has 1 N–H and O–H groups in total. The van der Waals surface area contributed by atoms with Crippen LogP contribution in [0.5, 0.6) is 0 Å². The maximum atomic E-state index is 10.7. The summed E-state index contributed by atoms with van der Waals surface area (Å²) in [5.74, 6) is -1.70. The molecule has 0 saturated heterocycles. The maximum Gasteiger partial charge on any atom is 0.433 e. The van der Waals surface area contributed by atoms with Crippen LogP contribution in [0, 0.1) is 17.0 Å². The van der Waals surface area contributed by atoms with Crippen molar-refractivity contribution < 1.29 is 23.7 Å². The van der Waals surface area contributed by atoms with Crippen LogP contribution >= 0.6 is 0 Å². The number of nitrogens with zero attached hydrogens (tertiary/aromatic N) is 2. The van der Waals surface area contributed by atoms with E-state index in [0.717, 1.165) is 6.07 Å². The van der Waals surface area contributed by atoms with Crippen molar-refractivity contribution in [3.05, 3.63) is 33.7 Å². The van der Waals surface area contributed by atoms with E-state index in [1.54, 1.807) is 0 Å². The average molecular weight is 238 g/mol. The molecule has 0 amide bonds. The van der Waals surface area contributed by atoms with Crippen LogP contribution in [0.2, 0.25) is 0 Å². The zero-order valence-electron chi connectivity index (χ0n) is 8.54. The molecule has 0 saturated carbocycles. The van der Waals surface area contributed by atoms with Crippen LogP contribution in [0.1, 0.15) is 16.2 Å². The first kappa shape index (κ1) is 10.9. The van der Waals surface area contributed by atoms with Crippen LogP contribution in [0.4, 0.5) is 5.88 Å². The Hall–Kier alpha value is -2.64. The number of carboxylic acid groups (broad SMARTS) is 1. The molecule has 17 heavy (non-hydrogen) atoms. The van der Waals surface area contributed by atoms with Gasteiger partial charge in [-0.25, -0.2) is 4.79 Å². The zero-order chi connectivity index (χ0) is 12.6. The van der Waals surface area contributed by atoms with Gasteiger partial charge in [0.05, 0.1) is 6.07 Å². The molecule has 0 aliphatic rings. The number of oxazole rings is 1. The monoisotopic (exact) mass is 238 g/mol. The van der Waals surface area contributed by atoms with E-state index in [9.17, 15) is 14.9 Å². The number of aromatic nitrogens is 1. The summed E-state index contributed by atoms with van der Waals surface area (Å²) in [4.78, 5) is 24.1. The second kappa shape index (κ2) is 3.74. The molecule has 8 nitrogen and oxygen atoms in total. The Morgan fingerprint density at radius 2 is 2.18 bits per heavy atom. The van der Waals surface area contributed by atoms with Crippen LogP contribution in [-0.2, 0) is 0 Å². The van der Waals surface area contributed by atoms with Crippen molar-refractivity contribution in [2.24, 2.45) is 0 Å². The Balaban J connectivity index is 2.42. The zero-order valence-corrected chi connectivity index (χ0v) is 8.54. The first-order chi connectivity index (χ1) is 7.99. The van der Waals surface area contributed by atoms with Crippen LogP contribution in [0.15, 0.2) is 21.0 Å². The van der Waals surface area contributed by atoms with Crippen molar-refractivity contribution in [1.82, 2.24) is 4.98 Å². The molecule has 0 spiro atoms. The van der Waals surface area contributed by atoms with Crippen LogP contribution in [-0.4, -0.2) is 21.0 Å².